The van der Waals surface area contributed by atoms with Crippen LogP contribution in [0.15, 0.2) is 468 Å². The van der Waals surface area contributed by atoms with Crippen molar-refractivity contribution in [3.05, 3.63) is 488 Å². The van der Waals surface area contributed by atoms with Crippen LogP contribution in [0.2, 0.25) is 0 Å². The van der Waals surface area contributed by atoms with Gasteiger partial charge in [-0.15, -0.1) is 0 Å². The van der Waals surface area contributed by atoms with Crippen molar-refractivity contribution < 1.29 is 13.3 Å². The molecule has 0 unspecified atom stereocenters. The maximum atomic E-state index is 10.0. The molecule has 0 N–H and O–H groups in total. The number of benzene rings is 21. The first kappa shape index (κ1) is 85.1. The summed E-state index contributed by atoms with van der Waals surface area (Å²) >= 11 is 0. The third-order valence-corrected chi connectivity index (χ3v) is 27.7. The summed E-state index contributed by atoms with van der Waals surface area (Å²) in [7, 11) is 0. The maximum absolute atomic E-state index is 10.0. The van der Waals surface area contributed by atoms with Gasteiger partial charge in [0, 0.05) is 87.3 Å². The Morgan fingerprint density at radius 3 is 0.799 bits per heavy atom. The van der Waals surface area contributed by atoms with Gasteiger partial charge in [-0.3, -0.25) is 0 Å². The molecule has 0 aliphatic rings. The minimum absolute atomic E-state index is 0.624. The van der Waals surface area contributed by atoms with E-state index in [4.69, 9.17) is 13.3 Å². The molecule has 0 aliphatic carbocycles. The molecule has 144 heavy (non-hydrogen) atoms. The van der Waals surface area contributed by atoms with Gasteiger partial charge < -0.3 is 27.0 Å². The van der Waals surface area contributed by atoms with Gasteiger partial charge in [0.05, 0.1) is 103 Å². The van der Waals surface area contributed by atoms with Crippen molar-refractivity contribution in [2.45, 2.75) is 0 Å². The van der Waals surface area contributed by atoms with Crippen molar-refractivity contribution in [2.24, 2.45) is 0 Å². The SMILES string of the molecule is N#Cc1ccc(-c2ccccc2-c2cc(-c3ccc4oc5ccccc5c4c3)cc(-n3c4ccccc4c4cc(C#N)ccc43)c2)cc1.N#Cc1ccc2c(c1)c1ccccc1n2-c1cc(-c2ccc3oc4ccccc4c3c2)cc(-c2ccccc2-c2ccccc2C#N)c1.N#Cc1cccc(-c2ccccc2-c2cc(-c3ccc4oc5ccccc5c4c3)cc(-n3c4ccccc4c4cc(C#N)ccc43)c2)c1. The van der Waals surface area contributed by atoms with Gasteiger partial charge in [-0.05, 0) is 307 Å². The predicted molar refractivity (Wildman–Crippen MR) is 581 cm³/mol. The highest BCUT2D eigenvalue weighted by Crippen LogP contribution is 2.48. The number of para-hydroxylation sites is 6. The van der Waals surface area contributed by atoms with Crippen molar-refractivity contribution in [1.29, 1.82) is 31.6 Å². The zero-order valence-electron chi connectivity index (χ0n) is 77.1. The Labute approximate surface area is 826 Å². The number of rotatable bonds is 12. The molecule has 0 radical (unpaired) electrons. The molecular weight excluding hydrogens is 1760 g/mol. The van der Waals surface area contributed by atoms with Crippen LogP contribution in [0.3, 0.4) is 0 Å². The minimum Gasteiger partial charge on any atom is -0.456 e. The van der Waals surface area contributed by atoms with E-state index in [1.54, 1.807) is 0 Å². The zero-order valence-corrected chi connectivity index (χ0v) is 77.1. The highest BCUT2D eigenvalue weighted by Gasteiger charge is 2.25. The molecule has 0 spiro atoms. The van der Waals surface area contributed by atoms with Gasteiger partial charge in [0.1, 0.15) is 33.5 Å². The van der Waals surface area contributed by atoms with Crippen LogP contribution in [0.5, 0.6) is 0 Å². The zero-order chi connectivity index (χ0) is 96.6. The fraction of sp³-hybridized carbons (Fsp3) is 0. The molecule has 0 fully saturated rings. The van der Waals surface area contributed by atoms with Crippen molar-refractivity contribution in [3.8, 4) is 154 Å². The van der Waals surface area contributed by atoms with E-state index in [0.717, 1.165) is 248 Å². The summed E-state index contributed by atoms with van der Waals surface area (Å²) in [6.07, 6.45) is 0. The number of hydrogen-bond donors (Lipinski definition) is 0. The first-order valence-electron chi connectivity index (χ1n) is 47.4. The molecule has 6 heterocycles. The molecular formula is C132H75N9O3. The van der Waals surface area contributed by atoms with Gasteiger partial charge in [-0.2, -0.15) is 31.6 Å². The molecule has 12 nitrogen and oxygen atoms in total. The summed E-state index contributed by atoms with van der Waals surface area (Å²) in [4.78, 5) is 0. The summed E-state index contributed by atoms with van der Waals surface area (Å²) in [6.45, 7) is 0. The molecule has 0 amide bonds. The Bertz CT molecular complexity index is 10300. The lowest BCUT2D eigenvalue weighted by Gasteiger charge is -2.16. The first-order chi connectivity index (χ1) is 71.1. The molecule has 27 rings (SSSR count). The maximum Gasteiger partial charge on any atom is 0.135 e. The molecule has 6 aromatic heterocycles. The van der Waals surface area contributed by atoms with E-state index >= 15 is 0 Å². The third kappa shape index (κ3) is 14.9. The van der Waals surface area contributed by atoms with Gasteiger partial charge in [0.25, 0.3) is 0 Å². The first-order valence-corrected chi connectivity index (χ1v) is 47.4. The quantitative estimate of drug-likeness (QED) is 0.114. The fourth-order valence-electron chi connectivity index (χ4n) is 21.1. The standard InChI is InChI=1S/3C44H25N3O/c45-26-28-8-7-9-31(20-28)35-10-1-2-11-36(35)33-22-32(30-17-19-44-40(25-30)38-13-4-6-15-43(38)48-44)23-34(24-33)47-41-14-5-3-12-37(41)39-21-29(27-46)16-18-42(39)47;45-26-28-13-16-30(17-14-28)35-7-1-2-8-36(35)33-22-32(31-18-20-44-40(25-31)38-10-4-6-12-43(38)48-44)23-34(24-33)47-41-11-5-3-9-37(41)39-21-29(27-46)15-19-42(39)47;45-26-28-17-19-42-39(21-28)37-13-5-7-15-41(37)47(42)33-23-31(29-18-20-44-40(25-29)38-14-6-8-16-43(38)48-44)22-32(24-33)35-11-3-4-12-36(35)34-10-2-1-9-30(34)27-46/h3*1-25H. The predicted octanol–water partition coefficient (Wildman–Crippen LogP) is 34.3. The van der Waals surface area contributed by atoms with Crippen LogP contribution in [0.1, 0.15) is 33.4 Å². The molecule has 666 valence electrons. The van der Waals surface area contributed by atoms with E-state index in [-0.39, 0.29) is 0 Å². The summed E-state index contributed by atoms with van der Waals surface area (Å²) in [5.41, 5.74) is 37.1. The molecule has 0 atom stereocenters. The van der Waals surface area contributed by atoms with Crippen molar-refractivity contribution in [2.75, 3.05) is 0 Å². The van der Waals surface area contributed by atoms with E-state index in [2.05, 4.69) is 299 Å². The number of nitrogens with zero attached hydrogens (tertiary/aromatic N) is 9. The number of hydrogen-bond acceptors (Lipinski definition) is 9. The average molecular weight is 1840 g/mol. The number of furan rings is 3. The second-order valence-corrected chi connectivity index (χ2v) is 36.0. The number of fused-ring (bicyclic) bond motifs is 18. The monoisotopic (exact) mass is 1830 g/mol. The molecule has 0 saturated heterocycles. The average Bonchev–Trinajstić information content (AvgIpc) is 1.58. The number of aromatic nitrogens is 3. The van der Waals surface area contributed by atoms with Crippen LogP contribution in [0.25, 0.3) is 248 Å². The van der Waals surface area contributed by atoms with Gasteiger partial charge in [0.15, 0.2) is 0 Å². The van der Waals surface area contributed by atoms with Crippen LogP contribution < -0.4 is 0 Å². The van der Waals surface area contributed by atoms with E-state index < -0.39 is 0 Å². The molecule has 0 bridgehead atoms. The molecule has 12 heteroatoms. The van der Waals surface area contributed by atoms with Crippen molar-refractivity contribution >= 4 is 131 Å². The van der Waals surface area contributed by atoms with E-state index in [1.807, 2.05) is 206 Å². The molecule has 21 aromatic carbocycles. The van der Waals surface area contributed by atoms with Gasteiger partial charge in [-0.25, -0.2) is 0 Å². The number of nitriles is 6. The minimum atomic E-state index is 0.624. The Morgan fingerprint density at radius 1 is 0.146 bits per heavy atom. The largest absolute Gasteiger partial charge is 0.456 e. The van der Waals surface area contributed by atoms with Crippen LogP contribution in [-0.4, -0.2) is 13.7 Å². The van der Waals surface area contributed by atoms with Crippen molar-refractivity contribution in [3.63, 3.8) is 0 Å². The Balaban J connectivity index is 0.000000113. The summed E-state index contributed by atoms with van der Waals surface area (Å²) in [5.74, 6) is 0. The lowest BCUT2D eigenvalue weighted by atomic mass is 9.90. The van der Waals surface area contributed by atoms with E-state index in [0.29, 0.717) is 33.4 Å². The van der Waals surface area contributed by atoms with E-state index in [9.17, 15) is 31.6 Å². The summed E-state index contributed by atoms with van der Waals surface area (Å²) in [5, 5.41) is 71.1. The summed E-state index contributed by atoms with van der Waals surface area (Å²) in [6, 6.07) is 169. The van der Waals surface area contributed by atoms with E-state index in [1.165, 1.54) is 0 Å². The van der Waals surface area contributed by atoms with Crippen LogP contribution in [-0.2, 0) is 0 Å². The van der Waals surface area contributed by atoms with Crippen LogP contribution in [0.4, 0.5) is 0 Å². The lowest BCUT2D eigenvalue weighted by molar-refractivity contribution is 0.668. The highest BCUT2D eigenvalue weighted by molar-refractivity contribution is 6.15. The second-order valence-electron chi connectivity index (χ2n) is 36.0. The fourth-order valence-corrected chi connectivity index (χ4v) is 21.1. The normalized spacial score (nSPS) is 11.3. The Morgan fingerprint density at radius 2 is 0.424 bits per heavy atom. The van der Waals surface area contributed by atoms with Crippen LogP contribution in [0, 0.1) is 68.0 Å². The van der Waals surface area contributed by atoms with Gasteiger partial charge in [-0.1, -0.05) is 243 Å². The van der Waals surface area contributed by atoms with Gasteiger partial charge in [0.2, 0.25) is 0 Å². The summed E-state index contributed by atoms with van der Waals surface area (Å²) < 4.78 is 25.4. The highest BCUT2D eigenvalue weighted by atomic mass is 16.3. The lowest BCUT2D eigenvalue weighted by Crippen LogP contribution is -1.97. The Hall–Kier alpha value is -20.6. The van der Waals surface area contributed by atoms with Crippen molar-refractivity contribution in [1.82, 2.24) is 13.7 Å². The molecule has 0 saturated carbocycles. The topological polar surface area (TPSA) is 197 Å². The molecule has 0 aliphatic heterocycles. The Kier molecular flexibility index (Phi) is 21.0. The van der Waals surface area contributed by atoms with Gasteiger partial charge >= 0.3 is 0 Å². The van der Waals surface area contributed by atoms with Crippen LogP contribution >= 0.6 is 0 Å². The molecule has 27 aromatic rings. The third-order valence-electron chi connectivity index (χ3n) is 27.7. The second kappa shape index (κ2) is 35.5. The smallest absolute Gasteiger partial charge is 0.135 e.